The van der Waals surface area contributed by atoms with Gasteiger partial charge in [0.05, 0.1) is 5.69 Å². The number of thioether (sulfide) groups is 1. The van der Waals surface area contributed by atoms with Crippen LogP contribution >= 0.6 is 11.8 Å². The number of aryl methyl sites for hydroxylation is 2. The summed E-state index contributed by atoms with van der Waals surface area (Å²) in [6.07, 6.45) is 3.40. The summed E-state index contributed by atoms with van der Waals surface area (Å²) >= 11 is 1.02. The lowest BCUT2D eigenvalue weighted by Crippen LogP contribution is -2.34. The average Bonchev–Trinajstić information content (AvgIpc) is 2.88. The van der Waals surface area contributed by atoms with Crippen molar-refractivity contribution in [3.63, 3.8) is 0 Å². The maximum absolute atomic E-state index is 12.7. The Kier molecular flexibility index (Phi) is 5.43. The van der Waals surface area contributed by atoms with Crippen LogP contribution in [0.3, 0.4) is 0 Å². The van der Waals surface area contributed by atoms with E-state index >= 15 is 0 Å². The van der Waals surface area contributed by atoms with E-state index in [1.165, 1.54) is 23.3 Å². The van der Waals surface area contributed by atoms with Crippen LogP contribution in [0.1, 0.15) is 30.9 Å². The van der Waals surface area contributed by atoms with Crippen molar-refractivity contribution in [2.45, 2.75) is 38.5 Å². The average molecular weight is 354 g/mol. The zero-order chi connectivity index (χ0) is 17.8. The minimum atomic E-state index is -0.588. The highest BCUT2D eigenvalue weighted by atomic mass is 32.2. The molecule has 0 aliphatic carbocycles. The van der Waals surface area contributed by atoms with Crippen LogP contribution in [0.2, 0.25) is 0 Å². The third-order valence-electron chi connectivity index (χ3n) is 4.18. The van der Waals surface area contributed by atoms with E-state index in [1.807, 2.05) is 37.3 Å². The Morgan fingerprint density at radius 2 is 1.88 bits per heavy atom. The van der Waals surface area contributed by atoms with Crippen LogP contribution in [-0.2, 0) is 11.2 Å². The normalized spacial score (nSPS) is 17.2. The highest BCUT2D eigenvalue weighted by molar-refractivity contribution is 8.16. The van der Waals surface area contributed by atoms with Gasteiger partial charge in [-0.15, -0.1) is 0 Å². The number of amides is 2. The van der Waals surface area contributed by atoms with Gasteiger partial charge in [0.2, 0.25) is 0 Å². The number of hydrogen-bond acceptors (Lipinski definition) is 4. The molecule has 5 heteroatoms. The number of unbranched alkanes of at least 4 members (excludes halogenated alkanes) is 1. The van der Waals surface area contributed by atoms with Gasteiger partial charge in [0.15, 0.2) is 5.37 Å². The second-order valence-corrected chi connectivity index (χ2v) is 7.28. The second kappa shape index (κ2) is 7.74. The first-order valence-electron chi connectivity index (χ1n) is 8.55. The summed E-state index contributed by atoms with van der Waals surface area (Å²) in [4.78, 5) is 26.2. The predicted octanol–water partition coefficient (Wildman–Crippen LogP) is 4.98. The Morgan fingerprint density at radius 3 is 2.56 bits per heavy atom. The van der Waals surface area contributed by atoms with E-state index in [0.717, 1.165) is 29.4 Å². The van der Waals surface area contributed by atoms with E-state index in [4.69, 9.17) is 0 Å². The fraction of sp³-hybridized carbons (Fsp3) is 0.300. The van der Waals surface area contributed by atoms with Gasteiger partial charge in [-0.05, 0) is 66.9 Å². The zero-order valence-corrected chi connectivity index (χ0v) is 15.3. The second-order valence-electron chi connectivity index (χ2n) is 6.22. The SMILES string of the molecule is CCCCc1ccc(N[C@H]2SC(=O)N(c3cccc(C)c3)C2=O)cc1. The number of carbonyl (C=O) groups excluding carboxylic acids is 2. The molecule has 0 unspecified atom stereocenters. The van der Waals surface area contributed by atoms with Crippen molar-refractivity contribution in [2.75, 3.05) is 10.2 Å². The number of hydrogen-bond donors (Lipinski definition) is 1. The molecule has 0 aromatic heterocycles. The molecule has 2 amide bonds. The fourth-order valence-corrected chi connectivity index (χ4v) is 3.71. The fourth-order valence-electron chi connectivity index (χ4n) is 2.80. The summed E-state index contributed by atoms with van der Waals surface area (Å²) in [5, 5.41) is 2.34. The molecule has 3 rings (SSSR count). The van der Waals surface area contributed by atoms with E-state index in [9.17, 15) is 9.59 Å². The van der Waals surface area contributed by atoms with Crippen molar-refractivity contribution in [1.29, 1.82) is 0 Å². The van der Waals surface area contributed by atoms with Gasteiger partial charge >= 0.3 is 0 Å². The number of nitrogens with zero attached hydrogens (tertiary/aromatic N) is 1. The quantitative estimate of drug-likeness (QED) is 0.795. The Balaban J connectivity index is 1.70. The molecule has 0 radical (unpaired) electrons. The van der Waals surface area contributed by atoms with Crippen LogP contribution in [-0.4, -0.2) is 16.5 Å². The number of imide groups is 1. The molecule has 4 nitrogen and oxygen atoms in total. The molecule has 1 aliphatic heterocycles. The molecular weight excluding hydrogens is 332 g/mol. The molecule has 1 aliphatic rings. The van der Waals surface area contributed by atoms with Crippen LogP contribution in [0, 0.1) is 6.92 Å². The van der Waals surface area contributed by atoms with E-state index < -0.39 is 5.37 Å². The zero-order valence-electron chi connectivity index (χ0n) is 14.5. The lowest BCUT2D eigenvalue weighted by molar-refractivity contribution is -0.116. The maximum atomic E-state index is 12.7. The summed E-state index contributed by atoms with van der Waals surface area (Å²) in [5.74, 6) is -0.226. The van der Waals surface area contributed by atoms with Gasteiger partial charge in [-0.25, -0.2) is 4.90 Å². The van der Waals surface area contributed by atoms with E-state index in [2.05, 4.69) is 24.4 Å². The third kappa shape index (κ3) is 4.04. The van der Waals surface area contributed by atoms with Gasteiger partial charge in [-0.3, -0.25) is 9.59 Å². The number of nitrogens with one attached hydrogen (secondary N) is 1. The molecule has 130 valence electrons. The molecule has 25 heavy (non-hydrogen) atoms. The lowest BCUT2D eigenvalue weighted by Gasteiger charge is -2.15. The van der Waals surface area contributed by atoms with Crippen molar-refractivity contribution in [3.8, 4) is 0 Å². The Bertz CT molecular complexity index is 774. The molecule has 0 saturated carbocycles. The summed E-state index contributed by atoms with van der Waals surface area (Å²) in [7, 11) is 0. The summed E-state index contributed by atoms with van der Waals surface area (Å²) in [6, 6.07) is 15.5. The van der Waals surface area contributed by atoms with Gasteiger partial charge in [0.1, 0.15) is 0 Å². The first kappa shape index (κ1) is 17.5. The topological polar surface area (TPSA) is 49.4 Å². The minimum Gasteiger partial charge on any atom is -0.365 e. The van der Waals surface area contributed by atoms with Crippen molar-refractivity contribution >= 4 is 34.3 Å². The van der Waals surface area contributed by atoms with Crippen LogP contribution in [0.25, 0.3) is 0 Å². The van der Waals surface area contributed by atoms with Gasteiger partial charge in [-0.2, -0.15) is 0 Å². The third-order valence-corrected chi connectivity index (χ3v) is 5.12. The minimum absolute atomic E-state index is 0.226. The highest BCUT2D eigenvalue weighted by Crippen LogP contribution is 2.32. The molecule has 1 heterocycles. The number of anilines is 2. The number of benzene rings is 2. The molecule has 1 saturated heterocycles. The maximum Gasteiger partial charge on any atom is 0.295 e. The first-order valence-corrected chi connectivity index (χ1v) is 9.43. The van der Waals surface area contributed by atoms with Crippen molar-refractivity contribution < 1.29 is 9.59 Å². The van der Waals surface area contributed by atoms with Gasteiger partial charge < -0.3 is 5.32 Å². The summed E-state index contributed by atoms with van der Waals surface area (Å²) < 4.78 is 0. The molecule has 1 N–H and O–H groups in total. The highest BCUT2D eigenvalue weighted by Gasteiger charge is 2.40. The van der Waals surface area contributed by atoms with E-state index in [0.29, 0.717) is 5.69 Å². The van der Waals surface area contributed by atoms with E-state index in [1.54, 1.807) is 6.07 Å². The standard InChI is InChI=1S/C20H22N2O2S/c1-3-4-7-15-9-11-16(12-10-15)21-18-19(23)22(20(24)25-18)17-8-5-6-14(2)13-17/h5-6,8-13,18,21H,3-4,7H2,1-2H3/t18-/m0/s1. The Morgan fingerprint density at radius 1 is 1.12 bits per heavy atom. The Hall–Kier alpha value is -2.27. The van der Waals surface area contributed by atoms with Crippen LogP contribution in [0.5, 0.6) is 0 Å². The van der Waals surface area contributed by atoms with Crippen LogP contribution in [0.4, 0.5) is 16.2 Å². The molecule has 1 fully saturated rings. The number of rotatable bonds is 6. The lowest BCUT2D eigenvalue weighted by atomic mass is 10.1. The molecular formula is C20H22N2O2S. The van der Waals surface area contributed by atoms with Gasteiger partial charge in [0, 0.05) is 5.69 Å². The largest absolute Gasteiger partial charge is 0.365 e. The van der Waals surface area contributed by atoms with Crippen molar-refractivity contribution in [2.24, 2.45) is 0 Å². The number of carbonyl (C=O) groups is 2. The molecule has 2 aromatic rings. The summed E-state index contributed by atoms with van der Waals surface area (Å²) in [5.41, 5.74) is 3.78. The molecule has 0 bridgehead atoms. The molecule has 1 atom stereocenters. The van der Waals surface area contributed by atoms with E-state index in [-0.39, 0.29) is 11.1 Å². The molecule has 0 spiro atoms. The molecule has 2 aromatic carbocycles. The smallest absolute Gasteiger partial charge is 0.295 e. The summed E-state index contributed by atoms with van der Waals surface area (Å²) in [6.45, 7) is 4.12. The Labute approximate surface area is 152 Å². The van der Waals surface area contributed by atoms with Crippen LogP contribution in [0.15, 0.2) is 48.5 Å². The first-order chi connectivity index (χ1) is 12.1. The van der Waals surface area contributed by atoms with Crippen molar-refractivity contribution in [3.05, 3.63) is 59.7 Å². The van der Waals surface area contributed by atoms with Gasteiger partial charge in [-0.1, -0.05) is 37.6 Å². The van der Waals surface area contributed by atoms with Crippen molar-refractivity contribution in [1.82, 2.24) is 0 Å². The van der Waals surface area contributed by atoms with Gasteiger partial charge in [0.25, 0.3) is 11.1 Å². The monoisotopic (exact) mass is 354 g/mol. The predicted molar refractivity (Wildman–Crippen MR) is 104 cm³/mol. The van der Waals surface area contributed by atoms with Crippen LogP contribution < -0.4 is 10.2 Å².